The van der Waals surface area contributed by atoms with Crippen LogP contribution in [0.5, 0.6) is 11.5 Å². The number of para-hydroxylation sites is 1. The molecule has 3 N–H and O–H groups in total. The van der Waals surface area contributed by atoms with E-state index in [9.17, 15) is 15.0 Å². The number of benzene rings is 2. The molecule has 2 aromatic carbocycles. The summed E-state index contributed by atoms with van der Waals surface area (Å²) in [5.74, 6) is -0.526. The summed E-state index contributed by atoms with van der Waals surface area (Å²) in [6.07, 6.45) is 7.55. The van der Waals surface area contributed by atoms with E-state index in [4.69, 9.17) is 0 Å². The Kier molecular flexibility index (Phi) is 8.24. The van der Waals surface area contributed by atoms with Gasteiger partial charge in [-0.1, -0.05) is 61.8 Å². The molecular formula is C30H39NO3. The lowest BCUT2D eigenvalue weighted by molar-refractivity contribution is 0.102. The van der Waals surface area contributed by atoms with Gasteiger partial charge in [0.25, 0.3) is 5.91 Å². The summed E-state index contributed by atoms with van der Waals surface area (Å²) in [5.41, 5.74) is 6.30. The van der Waals surface area contributed by atoms with E-state index in [2.05, 4.69) is 31.8 Å². The fourth-order valence-corrected chi connectivity index (χ4v) is 5.16. The molecule has 2 atom stereocenters. The molecule has 1 aliphatic rings. The SMILES string of the molecule is C=C(C)C1CCC(C)=CC1c1c(O)cc(CCCCC)c(C(=O)Nc2c(C)cccc2C)c1O. The molecule has 4 heteroatoms. The van der Waals surface area contributed by atoms with Gasteiger partial charge in [-0.25, -0.2) is 0 Å². The number of hydrogen-bond donors (Lipinski definition) is 3. The molecule has 0 fully saturated rings. The molecule has 2 unspecified atom stereocenters. The predicted molar refractivity (Wildman–Crippen MR) is 141 cm³/mol. The van der Waals surface area contributed by atoms with Crippen molar-refractivity contribution in [2.24, 2.45) is 5.92 Å². The van der Waals surface area contributed by atoms with E-state index in [1.54, 1.807) is 6.07 Å². The zero-order valence-corrected chi connectivity index (χ0v) is 21.3. The summed E-state index contributed by atoms with van der Waals surface area (Å²) in [6.45, 7) is 14.3. The molecule has 4 nitrogen and oxygen atoms in total. The van der Waals surface area contributed by atoms with Gasteiger partial charge in [0, 0.05) is 17.2 Å². The molecule has 0 saturated carbocycles. The maximum absolute atomic E-state index is 13.6. The standard InChI is InChI=1S/C30H39NO3/c1-7-8-9-13-22-17-25(32)27(24-16-19(4)14-15-23(24)18(2)3)29(33)26(22)30(34)31-28-20(5)11-10-12-21(28)6/h10-12,16-17,23-24,32-33H,2,7-9,13-15H2,1,3-6H3,(H,31,34). The summed E-state index contributed by atoms with van der Waals surface area (Å²) >= 11 is 0. The quantitative estimate of drug-likeness (QED) is 0.278. The fourth-order valence-electron chi connectivity index (χ4n) is 5.16. The molecule has 3 rings (SSSR count). The van der Waals surface area contributed by atoms with Crippen molar-refractivity contribution < 1.29 is 15.0 Å². The third-order valence-electron chi connectivity index (χ3n) is 7.11. The first-order valence-electron chi connectivity index (χ1n) is 12.4. The Morgan fingerprint density at radius 1 is 1.15 bits per heavy atom. The number of anilines is 1. The molecular weight excluding hydrogens is 422 g/mol. The van der Waals surface area contributed by atoms with Crippen molar-refractivity contribution in [3.05, 3.63) is 75.9 Å². The molecule has 0 bridgehead atoms. The van der Waals surface area contributed by atoms with Crippen LogP contribution in [0, 0.1) is 19.8 Å². The number of amides is 1. The number of phenols is 2. The van der Waals surface area contributed by atoms with Crippen LogP contribution >= 0.6 is 0 Å². The largest absolute Gasteiger partial charge is 0.507 e. The van der Waals surface area contributed by atoms with Gasteiger partial charge in [0.15, 0.2) is 0 Å². The lowest BCUT2D eigenvalue weighted by atomic mass is 9.73. The second-order valence-corrected chi connectivity index (χ2v) is 9.90. The molecule has 182 valence electrons. The second-order valence-electron chi connectivity index (χ2n) is 9.90. The molecule has 2 aromatic rings. The average Bonchev–Trinajstić information content (AvgIpc) is 2.76. The number of aromatic hydroxyl groups is 2. The van der Waals surface area contributed by atoms with Crippen molar-refractivity contribution in [1.29, 1.82) is 0 Å². The Morgan fingerprint density at radius 3 is 2.44 bits per heavy atom. The summed E-state index contributed by atoms with van der Waals surface area (Å²) in [7, 11) is 0. The smallest absolute Gasteiger partial charge is 0.259 e. The highest BCUT2D eigenvalue weighted by atomic mass is 16.3. The molecule has 0 aromatic heterocycles. The van der Waals surface area contributed by atoms with Crippen LogP contribution in [0.4, 0.5) is 5.69 Å². The number of allylic oxidation sites excluding steroid dienone is 3. The Bertz CT molecular complexity index is 1090. The van der Waals surface area contributed by atoms with Crippen LogP contribution in [0.3, 0.4) is 0 Å². The summed E-state index contributed by atoms with van der Waals surface area (Å²) in [6, 6.07) is 7.57. The van der Waals surface area contributed by atoms with Gasteiger partial charge in [-0.3, -0.25) is 4.79 Å². The minimum atomic E-state index is -0.342. The summed E-state index contributed by atoms with van der Waals surface area (Å²) < 4.78 is 0. The van der Waals surface area contributed by atoms with Crippen molar-refractivity contribution in [1.82, 2.24) is 0 Å². The van der Waals surface area contributed by atoms with Crippen molar-refractivity contribution in [3.63, 3.8) is 0 Å². The van der Waals surface area contributed by atoms with Crippen LogP contribution in [0.15, 0.2) is 48.1 Å². The molecule has 0 radical (unpaired) electrons. The van der Waals surface area contributed by atoms with E-state index >= 15 is 0 Å². The maximum Gasteiger partial charge on any atom is 0.259 e. The van der Waals surface area contributed by atoms with Crippen LogP contribution < -0.4 is 5.32 Å². The maximum atomic E-state index is 13.6. The van der Waals surface area contributed by atoms with Crippen LogP contribution in [-0.4, -0.2) is 16.1 Å². The highest BCUT2D eigenvalue weighted by molar-refractivity contribution is 6.08. The first-order chi connectivity index (χ1) is 16.1. The lowest BCUT2D eigenvalue weighted by Gasteiger charge is -2.32. The van der Waals surface area contributed by atoms with E-state index < -0.39 is 0 Å². The monoisotopic (exact) mass is 461 g/mol. The van der Waals surface area contributed by atoms with Crippen molar-refractivity contribution >= 4 is 11.6 Å². The highest BCUT2D eigenvalue weighted by Gasteiger charge is 2.33. The van der Waals surface area contributed by atoms with Crippen LogP contribution in [0.1, 0.15) is 91.4 Å². The minimum Gasteiger partial charge on any atom is -0.507 e. The van der Waals surface area contributed by atoms with Crippen molar-refractivity contribution in [2.75, 3.05) is 5.32 Å². The van der Waals surface area contributed by atoms with Crippen LogP contribution in [-0.2, 0) is 6.42 Å². The Labute approximate surface area is 204 Å². The Hall–Kier alpha value is -3.01. The summed E-state index contributed by atoms with van der Waals surface area (Å²) in [5, 5.41) is 25.7. The number of carbonyl (C=O) groups excluding carboxylic acids is 1. The van der Waals surface area contributed by atoms with E-state index in [1.165, 1.54) is 5.57 Å². The second kappa shape index (κ2) is 10.9. The Balaban J connectivity index is 2.14. The number of nitrogens with one attached hydrogen (secondary N) is 1. The predicted octanol–water partition coefficient (Wildman–Crippen LogP) is 7.72. The molecule has 0 saturated heterocycles. The minimum absolute atomic E-state index is 0.0508. The molecule has 0 spiro atoms. The first kappa shape index (κ1) is 25.6. The number of carbonyl (C=O) groups is 1. The van der Waals surface area contributed by atoms with Gasteiger partial charge in [0.1, 0.15) is 11.5 Å². The third kappa shape index (κ3) is 5.38. The third-order valence-corrected chi connectivity index (χ3v) is 7.11. The zero-order valence-electron chi connectivity index (χ0n) is 21.3. The number of hydrogen-bond acceptors (Lipinski definition) is 3. The van der Waals surface area contributed by atoms with E-state index in [1.807, 2.05) is 39.0 Å². The normalized spacial score (nSPS) is 17.9. The van der Waals surface area contributed by atoms with Crippen molar-refractivity contribution in [3.8, 4) is 11.5 Å². The van der Waals surface area contributed by atoms with Gasteiger partial charge >= 0.3 is 0 Å². The fraction of sp³-hybridized carbons (Fsp3) is 0.433. The van der Waals surface area contributed by atoms with Crippen molar-refractivity contribution in [2.45, 2.75) is 79.1 Å². The van der Waals surface area contributed by atoms with E-state index in [0.29, 0.717) is 17.5 Å². The van der Waals surface area contributed by atoms with Gasteiger partial charge in [-0.15, -0.1) is 0 Å². The van der Waals surface area contributed by atoms with Gasteiger partial charge in [-0.2, -0.15) is 0 Å². The molecule has 1 aliphatic carbocycles. The number of phenolic OH excluding ortho intramolecular Hbond substituents is 2. The van der Waals surface area contributed by atoms with Crippen LogP contribution in [0.25, 0.3) is 0 Å². The lowest BCUT2D eigenvalue weighted by Crippen LogP contribution is -2.20. The molecule has 0 aliphatic heterocycles. The van der Waals surface area contributed by atoms with Gasteiger partial charge in [-0.05, 0) is 82.1 Å². The molecule has 0 heterocycles. The molecule has 1 amide bonds. The van der Waals surface area contributed by atoms with Gasteiger partial charge < -0.3 is 15.5 Å². The number of aryl methyl sites for hydroxylation is 3. The summed E-state index contributed by atoms with van der Waals surface area (Å²) in [4.78, 5) is 13.6. The Morgan fingerprint density at radius 2 is 1.82 bits per heavy atom. The molecule has 34 heavy (non-hydrogen) atoms. The number of unbranched alkanes of at least 4 members (excludes halogenated alkanes) is 2. The number of rotatable bonds is 8. The van der Waals surface area contributed by atoms with Gasteiger partial charge in [0.05, 0.1) is 5.56 Å². The van der Waals surface area contributed by atoms with Gasteiger partial charge in [0.2, 0.25) is 0 Å². The van der Waals surface area contributed by atoms with E-state index in [0.717, 1.165) is 54.5 Å². The topological polar surface area (TPSA) is 69.6 Å². The highest BCUT2D eigenvalue weighted by Crippen LogP contribution is 2.48. The zero-order chi connectivity index (χ0) is 25.0. The van der Waals surface area contributed by atoms with Crippen LogP contribution in [0.2, 0.25) is 0 Å². The van der Waals surface area contributed by atoms with E-state index in [-0.39, 0.29) is 34.8 Å². The average molecular weight is 462 g/mol. The first-order valence-corrected chi connectivity index (χ1v) is 12.4.